The van der Waals surface area contributed by atoms with Gasteiger partial charge in [0.05, 0.1) is 24.6 Å². The van der Waals surface area contributed by atoms with Crippen LogP contribution in [0, 0.1) is 18.8 Å². The minimum atomic E-state index is -0.882. The van der Waals surface area contributed by atoms with E-state index in [0.717, 1.165) is 5.56 Å². The van der Waals surface area contributed by atoms with Gasteiger partial charge in [0.15, 0.2) is 0 Å². The molecule has 0 aliphatic heterocycles. The number of amides is 1. The summed E-state index contributed by atoms with van der Waals surface area (Å²) in [5.74, 6) is -1.87. The van der Waals surface area contributed by atoms with E-state index in [9.17, 15) is 9.59 Å². The van der Waals surface area contributed by atoms with Crippen LogP contribution < -0.4 is 5.32 Å². The molecule has 1 saturated carbocycles. The SMILES string of the molecule is Cc1cnn(CCNC(=O)[C@@H]2C[C@@H]2C(=O)O)c1. The van der Waals surface area contributed by atoms with E-state index in [2.05, 4.69) is 10.4 Å². The summed E-state index contributed by atoms with van der Waals surface area (Å²) in [6, 6.07) is 0. The summed E-state index contributed by atoms with van der Waals surface area (Å²) in [4.78, 5) is 22.1. The highest BCUT2D eigenvalue weighted by Gasteiger charge is 2.48. The van der Waals surface area contributed by atoms with Crippen molar-refractivity contribution in [1.29, 1.82) is 0 Å². The number of carbonyl (C=O) groups excluding carboxylic acids is 1. The summed E-state index contributed by atoms with van der Waals surface area (Å²) in [6.07, 6.45) is 4.11. The fraction of sp³-hybridized carbons (Fsp3) is 0.545. The number of hydrogen-bond acceptors (Lipinski definition) is 3. The minimum Gasteiger partial charge on any atom is -0.481 e. The predicted octanol–water partition coefficient (Wildman–Crippen LogP) is 0.0284. The highest BCUT2D eigenvalue weighted by atomic mass is 16.4. The number of carbonyl (C=O) groups is 2. The van der Waals surface area contributed by atoms with Crippen LogP contribution in [0.3, 0.4) is 0 Å². The zero-order valence-electron chi connectivity index (χ0n) is 9.59. The Morgan fingerprint density at radius 3 is 2.88 bits per heavy atom. The molecule has 6 heteroatoms. The highest BCUT2D eigenvalue weighted by molar-refractivity contribution is 5.89. The first kappa shape index (κ1) is 11.6. The second-order valence-electron chi connectivity index (χ2n) is 4.36. The molecule has 1 aromatic rings. The number of rotatable bonds is 5. The van der Waals surface area contributed by atoms with Gasteiger partial charge in [-0.1, -0.05) is 0 Å². The Morgan fingerprint density at radius 1 is 1.59 bits per heavy atom. The lowest BCUT2D eigenvalue weighted by Gasteiger charge is -2.04. The minimum absolute atomic E-state index is 0.165. The van der Waals surface area contributed by atoms with E-state index in [1.165, 1.54) is 0 Å². The molecule has 0 radical (unpaired) electrons. The molecule has 2 rings (SSSR count). The molecule has 2 N–H and O–H groups in total. The van der Waals surface area contributed by atoms with Crippen molar-refractivity contribution in [2.75, 3.05) is 6.54 Å². The molecule has 0 unspecified atom stereocenters. The Morgan fingerprint density at radius 2 is 2.35 bits per heavy atom. The standard InChI is InChI=1S/C11H15N3O3/c1-7-5-13-14(6-7)3-2-12-10(15)8-4-9(8)11(16)17/h5-6,8-9H,2-4H2,1H3,(H,12,15)(H,16,17)/t8-,9+/m1/s1. The van der Waals surface area contributed by atoms with E-state index in [4.69, 9.17) is 5.11 Å². The third kappa shape index (κ3) is 2.83. The average Bonchev–Trinajstić information content (AvgIpc) is 2.97. The molecule has 92 valence electrons. The molecule has 1 fully saturated rings. The van der Waals surface area contributed by atoms with Crippen LogP contribution in [0.15, 0.2) is 12.4 Å². The summed E-state index contributed by atoms with van der Waals surface area (Å²) in [6.45, 7) is 3.02. The van der Waals surface area contributed by atoms with Gasteiger partial charge in [0.1, 0.15) is 0 Å². The normalized spacial score (nSPS) is 22.2. The summed E-state index contributed by atoms with van der Waals surface area (Å²) in [7, 11) is 0. The monoisotopic (exact) mass is 237 g/mol. The second kappa shape index (κ2) is 4.57. The van der Waals surface area contributed by atoms with E-state index >= 15 is 0 Å². The maximum atomic E-state index is 11.5. The molecule has 0 saturated heterocycles. The fourth-order valence-corrected chi connectivity index (χ4v) is 1.77. The third-order valence-electron chi connectivity index (χ3n) is 2.85. The van der Waals surface area contributed by atoms with Crippen LogP contribution in [0.2, 0.25) is 0 Å². The summed E-state index contributed by atoms with van der Waals surface area (Å²) < 4.78 is 1.75. The van der Waals surface area contributed by atoms with Gasteiger partial charge in [-0.3, -0.25) is 14.3 Å². The first-order valence-electron chi connectivity index (χ1n) is 5.57. The van der Waals surface area contributed by atoms with Crippen LogP contribution in [-0.2, 0) is 16.1 Å². The molecule has 0 aromatic carbocycles. The second-order valence-corrected chi connectivity index (χ2v) is 4.36. The van der Waals surface area contributed by atoms with Gasteiger partial charge in [-0.25, -0.2) is 0 Å². The van der Waals surface area contributed by atoms with Crippen LogP contribution in [0.5, 0.6) is 0 Å². The van der Waals surface area contributed by atoms with Crippen molar-refractivity contribution >= 4 is 11.9 Å². The number of carboxylic acids is 1. The van der Waals surface area contributed by atoms with Crippen molar-refractivity contribution < 1.29 is 14.7 Å². The molecule has 0 spiro atoms. The van der Waals surface area contributed by atoms with Crippen molar-refractivity contribution in [3.63, 3.8) is 0 Å². The fourth-order valence-electron chi connectivity index (χ4n) is 1.77. The summed E-state index contributed by atoms with van der Waals surface area (Å²) >= 11 is 0. The molecule has 1 heterocycles. The molecule has 17 heavy (non-hydrogen) atoms. The van der Waals surface area contributed by atoms with Gasteiger partial charge in [0, 0.05) is 12.7 Å². The van der Waals surface area contributed by atoms with Crippen molar-refractivity contribution in [2.45, 2.75) is 19.9 Å². The van der Waals surface area contributed by atoms with Gasteiger partial charge < -0.3 is 10.4 Å². The van der Waals surface area contributed by atoms with Crippen LogP contribution in [0.4, 0.5) is 0 Å². The third-order valence-corrected chi connectivity index (χ3v) is 2.85. The van der Waals surface area contributed by atoms with Gasteiger partial charge in [-0.05, 0) is 18.9 Å². The van der Waals surface area contributed by atoms with E-state index in [-0.39, 0.29) is 11.8 Å². The Balaban J connectivity index is 1.69. The average molecular weight is 237 g/mol. The number of hydrogen-bond donors (Lipinski definition) is 2. The molecule has 0 bridgehead atoms. The number of aliphatic carboxylic acids is 1. The van der Waals surface area contributed by atoms with Crippen LogP contribution >= 0.6 is 0 Å². The lowest BCUT2D eigenvalue weighted by molar-refractivity contribution is -0.140. The van der Waals surface area contributed by atoms with Crippen LogP contribution in [0.1, 0.15) is 12.0 Å². The van der Waals surface area contributed by atoms with E-state index in [1.807, 2.05) is 13.1 Å². The van der Waals surface area contributed by atoms with Crippen molar-refractivity contribution in [3.8, 4) is 0 Å². The Bertz CT molecular complexity index is 441. The number of nitrogens with one attached hydrogen (secondary N) is 1. The number of aryl methyl sites for hydroxylation is 1. The lowest BCUT2D eigenvalue weighted by atomic mass is 10.3. The molecule has 1 amide bonds. The molecule has 1 aliphatic carbocycles. The Hall–Kier alpha value is -1.85. The van der Waals surface area contributed by atoms with Gasteiger partial charge >= 0.3 is 5.97 Å². The number of nitrogens with zero attached hydrogens (tertiary/aromatic N) is 2. The van der Waals surface area contributed by atoms with Crippen molar-refractivity contribution in [2.24, 2.45) is 11.8 Å². The van der Waals surface area contributed by atoms with Gasteiger partial charge in [-0.15, -0.1) is 0 Å². The molecule has 2 atom stereocenters. The van der Waals surface area contributed by atoms with Gasteiger partial charge in [-0.2, -0.15) is 5.10 Å². The first-order chi connectivity index (χ1) is 8.08. The van der Waals surface area contributed by atoms with Gasteiger partial charge in [0.2, 0.25) is 5.91 Å². The molecular formula is C11H15N3O3. The number of aromatic nitrogens is 2. The van der Waals surface area contributed by atoms with Crippen molar-refractivity contribution in [3.05, 3.63) is 18.0 Å². The molecule has 1 aromatic heterocycles. The largest absolute Gasteiger partial charge is 0.481 e. The quantitative estimate of drug-likeness (QED) is 0.756. The first-order valence-corrected chi connectivity index (χ1v) is 5.57. The molecular weight excluding hydrogens is 222 g/mol. The van der Waals surface area contributed by atoms with E-state index in [1.54, 1.807) is 10.9 Å². The topological polar surface area (TPSA) is 84.2 Å². The maximum absolute atomic E-state index is 11.5. The van der Waals surface area contributed by atoms with Crippen LogP contribution in [0.25, 0.3) is 0 Å². The Labute approximate surface area is 98.6 Å². The van der Waals surface area contributed by atoms with Crippen molar-refractivity contribution in [1.82, 2.24) is 15.1 Å². The zero-order chi connectivity index (χ0) is 12.4. The van der Waals surface area contributed by atoms with E-state index < -0.39 is 11.9 Å². The summed E-state index contributed by atoms with van der Waals surface area (Å²) in [5, 5.41) is 15.5. The molecule has 6 nitrogen and oxygen atoms in total. The van der Waals surface area contributed by atoms with Crippen LogP contribution in [-0.4, -0.2) is 33.3 Å². The Kier molecular flexibility index (Phi) is 3.12. The summed E-state index contributed by atoms with van der Waals surface area (Å²) in [5.41, 5.74) is 1.07. The van der Waals surface area contributed by atoms with E-state index in [0.29, 0.717) is 19.5 Å². The zero-order valence-corrected chi connectivity index (χ0v) is 9.59. The maximum Gasteiger partial charge on any atom is 0.307 e. The highest BCUT2D eigenvalue weighted by Crippen LogP contribution is 2.38. The smallest absolute Gasteiger partial charge is 0.307 e. The lowest BCUT2D eigenvalue weighted by Crippen LogP contribution is -2.29. The van der Waals surface area contributed by atoms with Gasteiger partial charge in [0.25, 0.3) is 0 Å². The molecule has 1 aliphatic rings. The predicted molar refractivity (Wildman–Crippen MR) is 59.2 cm³/mol. The number of carboxylic acid groups (broad SMARTS) is 1.